The summed E-state index contributed by atoms with van der Waals surface area (Å²) < 4.78 is 29.7. The summed E-state index contributed by atoms with van der Waals surface area (Å²) in [6.07, 6.45) is 6.79. The van der Waals surface area contributed by atoms with Crippen molar-refractivity contribution in [2.24, 2.45) is 11.7 Å². The summed E-state index contributed by atoms with van der Waals surface area (Å²) >= 11 is 1.58. The number of piperazine rings is 1. The lowest BCUT2D eigenvalue weighted by atomic mass is 9.84. The number of amides is 5. The average molecular weight is 858 g/mol. The fourth-order valence-corrected chi connectivity index (χ4v) is 11.3. The van der Waals surface area contributed by atoms with Gasteiger partial charge in [-0.3, -0.25) is 28.8 Å². The van der Waals surface area contributed by atoms with Crippen molar-refractivity contribution in [3.8, 4) is 0 Å². The third kappa shape index (κ3) is 9.81. The van der Waals surface area contributed by atoms with E-state index in [1.165, 1.54) is 51.3 Å². The van der Waals surface area contributed by atoms with Crippen molar-refractivity contribution >= 4 is 57.1 Å². The van der Waals surface area contributed by atoms with E-state index in [1.807, 2.05) is 0 Å². The number of benzene rings is 1. The molecule has 1 aromatic carbocycles. The van der Waals surface area contributed by atoms with E-state index in [9.17, 15) is 42.3 Å². The van der Waals surface area contributed by atoms with Crippen molar-refractivity contribution in [1.29, 1.82) is 0 Å². The minimum atomic E-state index is -3.91. The zero-order chi connectivity index (χ0) is 42.7. The number of rotatable bonds is 13. The number of thioether (sulfide) groups is 1. The second kappa shape index (κ2) is 18.1. The summed E-state index contributed by atoms with van der Waals surface area (Å²) in [6, 6.07) is 2.59. The van der Waals surface area contributed by atoms with Crippen LogP contribution in [0, 0.1) is 5.92 Å². The molecule has 4 fully saturated rings. The topological polar surface area (TPSA) is 247 Å². The highest BCUT2D eigenvalue weighted by atomic mass is 32.2. The Bertz CT molecular complexity index is 2020. The molecule has 322 valence electrons. The van der Waals surface area contributed by atoms with Gasteiger partial charge in [-0.15, -0.1) is 5.10 Å². The van der Waals surface area contributed by atoms with Crippen LogP contribution in [0.15, 0.2) is 35.4 Å². The summed E-state index contributed by atoms with van der Waals surface area (Å²) in [7, 11) is -3.91. The van der Waals surface area contributed by atoms with Crippen LogP contribution < -0.4 is 16.4 Å². The molecule has 0 unspecified atom stereocenters. The normalized spacial score (nSPS) is 22.4. The van der Waals surface area contributed by atoms with Gasteiger partial charge in [0.1, 0.15) is 23.2 Å². The highest BCUT2D eigenvalue weighted by Crippen LogP contribution is 2.35. The molecule has 0 spiro atoms. The molecule has 5 amide bonds. The first kappa shape index (κ1) is 44.2. The molecule has 0 bridgehead atoms. The van der Waals surface area contributed by atoms with Gasteiger partial charge in [0.15, 0.2) is 0 Å². The van der Waals surface area contributed by atoms with Crippen molar-refractivity contribution in [3.63, 3.8) is 0 Å². The van der Waals surface area contributed by atoms with Crippen LogP contribution >= 0.6 is 11.8 Å². The van der Waals surface area contributed by atoms with E-state index in [-0.39, 0.29) is 74.3 Å². The predicted molar refractivity (Wildman–Crippen MR) is 216 cm³/mol. The molecule has 3 atom stereocenters. The largest absolute Gasteiger partial charge is 0.384 e. The lowest BCUT2D eigenvalue weighted by molar-refractivity contribution is -0.145. The second-order valence-corrected chi connectivity index (χ2v) is 19.8. The molecule has 59 heavy (non-hydrogen) atoms. The Labute approximate surface area is 348 Å². The number of carbonyl (C=O) groups excluding carboxylic acids is 6. The van der Waals surface area contributed by atoms with Crippen LogP contribution in [0.25, 0.3) is 0 Å². The number of likely N-dealkylation sites (tertiary alicyclic amines) is 1. The first-order valence-electron chi connectivity index (χ1n) is 20.3. The molecular weight excluding hydrogens is 803 g/mol. The van der Waals surface area contributed by atoms with Crippen LogP contribution in [0.3, 0.4) is 0 Å². The number of aliphatic hydroxyl groups is 1. The van der Waals surface area contributed by atoms with Crippen molar-refractivity contribution in [2.45, 2.75) is 113 Å². The van der Waals surface area contributed by atoms with Gasteiger partial charge >= 0.3 is 0 Å². The molecule has 3 saturated heterocycles. The molecule has 0 radical (unpaired) electrons. The van der Waals surface area contributed by atoms with Crippen LogP contribution in [0.5, 0.6) is 0 Å². The zero-order valence-corrected chi connectivity index (χ0v) is 35.4. The molecule has 5 N–H and O–H groups in total. The maximum absolute atomic E-state index is 14.9. The first-order valence-corrected chi connectivity index (χ1v) is 22.8. The van der Waals surface area contributed by atoms with Crippen molar-refractivity contribution in [1.82, 2.24) is 39.7 Å². The monoisotopic (exact) mass is 857 g/mol. The first-order chi connectivity index (χ1) is 27.9. The standard InChI is InChI=1S/C39H55N9O9S2/c1-25(49)45-15-17-46(18-16-45)59(56,57)29-11-9-27(10-12-29)35(52)42-30(21-26-7-5-4-6-8-26)37(54)47-24-28(48-32(23-41-44-48)38(2,3)55)22-31(47)36(53)43-39(33(50)34(40)51)13-19-58-20-14-39/h9-12,23,26,28,30-31,55H,4-8,13-22,24H2,1-3H3,(H2,40,51)(H,42,52)(H,43,53)/t28-,30+,31-/m0/s1. The number of nitrogens with one attached hydrogen (secondary N) is 2. The summed E-state index contributed by atoms with van der Waals surface area (Å²) in [4.78, 5) is 83.4. The smallest absolute Gasteiger partial charge is 0.287 e. The van der Waals surface area contributed by atoms with Gasteiger partial charge < -0.3 is 31.3 Å². The predicted octanol–water partition coefficient (Wildman–Crippen LogP) is 0.706. The molecule has 6 rings (SSSR count). The molecule has 2 aromatic rings. The van der Waals surface area contributed by atoms with Gasteiger partial charge in [-0.05, 0) is 74.8 Å². The van der Waals surface area contributed by atoms with Gasteiger partial charge in [0.05, 0.1) is 22.8 Å². The fourth-order valence-electron chi connectivity index (χ4n) is 8.71. The van der Waals surface area contributed by atoms with Gasteiger partial charge in [-0.25, -0.2) is 13.1 Å². The van der Waals surface area contributed by atoms with Crippen molar-refractivity contribution in [3.05, 3.63) is 41.7 Å². The number of carbonyl (C=O) groups is 6. The van der Waals surface area contributed by atoms with Crippen molar-refractivity contribution < 1.29 is 42.3 Å². The second-order valence-electron chi connectivity index (χ2n) is 16.6. The average Bonchev–Trinajstić information content (AvgIpc) is 3.90. The maximum atomic E-state index is 14.9. The highest BCUT2D eigenvalue weighted by molar-refractivity contribution is 7.99. The number of aromatic nitrogens is 3. The number of primary amides is 1. The van der Waals surface area contributed by atoms with Crippen LogP contribution in [0.4, 0.5) is 0 Å². The van der Waals surface area contributed by atoms with Crippen LogP contribution in [0.2, 0.25) is 0 Å². The number of nitrogens with zero attached hydrogens (tertiary/aromatic N) is 6. The Morgan fingerprint density at radius 2 is 1.64 bits per heavy atom. The zero-order valence-electron chi connectivity index (χ0n) is 33.8. The third-order valence-corrected chi connectivity index (χ3v) is 15.0. The maximum Gasteiger partial charge on any atom is 0.287 e. The number of nitrogens with two attached hydrogens (primary N) is 1. The molecule has 1 aliphatic carbocycles. The van der Waals surface area contributed by atoms with Crippen LogP contribution in [-0.4, -0.2) is 140 Å². The minimum absolute atomic E-state index is 0.0141. The number of hydrogen-bond acceptors (Lipinski definition) is 12. The Hall–Kier alpha value is -4.40. The highest BCUT2D eigenvalue weighted by Gasteiger charge is 2.49. The summed E-state index contributed by atoms with van der Waals surface area (Å²) in [6.45, 7) is 5.37. The minimum Gasteiger partial charge on any atom is -0.384 e. The number of ketones is 1. The molecule has 1 aromatic heterocycles. The third-order valence-electron chi connectivity index (χ3n) is 12.1. The number of Topliss-reactive ketones (excluding diaryl/α,β-unsaturated/α-hetero) is 1. The Morgan fingerprint density at radius 1 is 1.00 bits per heavy atom. The van der Waals surface area contributed by atoms with E-state index in [4.69, 9.17) is 5.73 Å². The lowest BCUT2D eigenvalue weighted by Crippen LogP contribution is -2.63. The molecule has 18 nitrogen and oxygen atoms in total. The Balaban J connectivity index is 1.27. The Morgan fingerprint density at radius 3 is 2.24 bits per heavy atom. The van der Waals surface area contributed by atoms with Gasteiger partial charge in [0.2, 0.25) is 33.5 Å². The molecule has 1 saturated carbocycles. The molecule has 3 aliphatic heterocycles. The van der Waals surface area contributed by atoms with Crippen LogP contribution in [0.1, 0.15) is 101 Å². The van der Waals surface area contributed by atoms with E-state index in [2.05, 4.69) is 20.9 Å². The summed E-state index contributed by atoms with van der Waals surface area (Å²) in [5.41, 5.74) is 3.04. The van der Waals surface area contributed by atoms with E-state index in [0.29, 0.717) is 23.6 Å². The molecular formula is C39H55N9O9S2. The summed E-state index contributed by atoms with van der Waals surface area (Å²) in [5.74, 6) is -2.89. The molecule has 4 aliphatic rings. The van der Waals surface area contributed by atoms with Gasteiger partial charge in [-0.2, -0.15) is 16.1 Å². The SMILES string of the molecule is CC(=O)N1CCN(S(=O)(=O)c2ccc(C(=O)N[C@H](CC3CCCCC3)C(=O)N3C[C@@H](n4nncc4C(C)(C)O)C[C@H]3C(=O)NC3(C(=O)C(N)=O)CCSCC3)cc2)CC1. The number of sulfonamides is 1. The lowest BCUT2D eigenvalue weighted by Gasteiger charge is -2.37. The van der Waals surface area contributed by atoms with Gasteiger partial charge in [-0.1, -0.05) is 37.3 Å². The van der Waals surface area contributed by atoms with E-state index < -0.39 is 68.7 Å². The molecule has 4 heterocycles. The van der Waals surface area contributed by atoms with E-state index >= 15 is 0 Å². The van der Waals surface area contributed by atoms with Gasteiger partial charge in [0.25, 0.3) is 11.8 Å². The number of hydrogen-bond donors (Lipinski definition) is 4. The van der Waals surface area contributed by atoms with Crippen LogP contribution in [-0.2, 0) is 39.6 Å². The van der Waals surface area contributed by atoms with E-state index in [1.54, 1.807) is 30.5 Å². The van der Waals surface area contributed by atoms with Crippen molar-refractivity contribution in [2.75, 3.05) is 44.2 Å². The summed E-state index contributed by atoms with van der Waals surface area (Å²) in [5, 5.41) is 24.9. The molecule has 20 heteroatoms. The van der Waals surface area contributed by atoms with E-state index in [0.717, 1.165) is 32.1 Å². The quantitative estimate of drug-likeness (QED) is 0.204. The fraction of sp³-hybridized carbons (Fsp3) is 0.641. The Kier molecular flexibility index (Phi) is 13.5. The van der Waals surface area contributed by atoms with Gasteiger partial charge in [0, 0.05) is 51.6 Å².